The van der Waals surface area contributed by atoms with Crippen LogP contribution in [0.2, 0.25) is 0 Å². The van der Waals surface area contributed by atoms with Crippen molar-refractivity contribution >= 4 is 11.9 Å². The normalized spacial score (nSPS) is 47.8. The van der Waals surface area contributed by atoms with Gasteiger partial charge in [-0.3, -0.25) is 9.59 Å². The summed E-state index contributed by atoms with van der Waals surface area (Å²) in [7, 11) is 0. The summed E-state index contributed by atoms with van der Waals surface area (Å²) >= 11 is 0. The van der Waals surface area contributed by atoms with Crippen molar-refractivity contribution in [3.63, 3.8) is 0 Å². The zero-order valence-corrected chi connectivity index (χ0v) is 27.1. The third kappa shape index (κ3) is 6.71. The number of carbonyl (C=O) groups excluding carboxylic acids is 2. The molecule has 0 aromatic heterocycles. The van der Waals surface area contributed by atoms with Crippen LogP contribution in [0, 0.1) is 64.1 Å². The fraction of sp³-hybridized carbons (Fsp3) is 0.946. The molecule has 0 aromatic carbocycles. The zero-order chi connectivity index (χ0) is 29.6. The number of carbonyl (C=O) groups is 2. The van der Waals surface area contributed by atoms with Crippen LogP contribution in [0.5, 0.6) is 0 Å². The average Bonchev–Trinajstić information content (AvgIpc) is 2.98. The Balaban J connectivity index is 1.00. The standard InChI is InChI=1S/C37H58O6/c1-24-9-29-13-30(10-24)17-31(16-29)33(38)40-20-36(23-43-35(39)37-8-4-7-28(19-37)11-25(2)18-37)21-41-34(42-22-36)32-14-26-5-3-6-27(12-26)15-32/h24-32,34H,3-23H2,1-2H3. The Morgan fingerprint density at radius 2 is 1.30 bits per heavy atom. The monoisotopic (exact) mass is 598 g/mol. The van der Waals surface area contributed by atoms with Crippen molar-refractivity contribution in [3.05, 3.63) is 0 Å². The van der Waals surface area contributed by atoms with Crippen LogP contribution in [0.25, 0.3) is 0 Å². The van der Waals surface area contributed by atoms with Crippen LogP contribution < -0.4 is 0 Å². The summed E-state index contributed by atoms with van der Waals surface area (Å²) in [6.45, 7) is 5.90. The summed E-state index contributed by atoms with van der Waals surface area (Å²) in [6, 6.07) is 0. The number of ether oxygens (including phenoxy) is 4. The van der Waals surface area contributed by atoms with Crippen LogP contribution in [0.3, 0.4) is 0 Å². The molecule has 7 fully saturated rings. The summed E-state index contributed by atoms with van der Waals surface area (Å²) in [5, 5.41) is 0. The van der Waals surface area contributed by atoms with Gasteiger partial charge in [0.1, 0.15) is 13.2 Å². The minimum Gasteiger partial charge on any atom is -0.465 e. The fourth-order valence-corrected chi connectivity index (χ4v) is 11.6. The first-order chi connectivity index (χ1) is 20.8. The van der Waals surface area contributed by atoms with Gasteiger partial charge in [-0.2, -0.15) is 0 Å². The molecule has 1 saturated heterocycles. The Bertz CT molecular complexity index is 969. The van der Waals surface area contributed by atoms with E-state index in [0.29, 0.717) is 42.8 Å². The third-order valence-electron chi connectivity index (χ3n) is 13.2. The van der Waals surface area contributed by atoms with E-state index in [4.69, 9.17) is 18.9 Å². The van der Waals surface area contributed by atoms with Gasteiger partial charge in [-0.25, -0.2) is 0 Å². The lowest BCUT2D eigenvalue weighted by Gasteiger charge is -2.47. The van der Waals surface area contributed by atoms with E-state index in [2.05, 4.69) is 13.8 Å². The molecule has 0 N–H and O–H groups in total. The van der Waals surface area contributed by atoms with E-state index in [0.717, 1.165) is 56.3 Å². The summed E-state index contributed by atoms with van der Waals surface area (Å²) in [5.74, 6) is 5.27. The molecular formula is C37H58O6. The molecule has 0 spiro atoms. The van der Waals surface area contributed by atoms with E-state index < -0.39 is 5.41 Å². The lowest BCUT2D eigenvalue weighted by Crippen LogP contribution is -2.52. The van der Waals surface area contributed by atoms with Gasteiger partial charge < -0.3 is 18.9 Å². The highest BCUT2D eigenvalue weighted by Gasteiger charge is 2.50. The second kappa shape index (κ2) is 12.6. The molecule has 0 radical (unpaired) electrons. The van der Waals surface area contributed by atoms with Crippen molar-refractivity contribution in [1.82, 2.24) is 0 Å². The van der Waals surface area contributed by atoms with Gasteiger partial charge >= 0.3 is 11.9 Å². The molecule has 1 aliphatic heterocycles. The molecule has 0 aromatic rings. The zero-order valence-electron chi connectivity index (χ0n) is 27.1. The van der Waals surface area contributed by atoms with Crippen molar-refractivity contribution in [2.45, 2.75) is 129 Å². The molecule has 7 rings (SSSR count). The molecule has 1 heterocycles. The van der Waals surface area contributed by atoms with Crippen LogP contribution in [-0.2, 0) is 28.5 Å². The summed E-state index contributed by atoms with van der Waals surface area (Å²) < 4.78 is 25.4. The molecule has 7 aliphatic rings. The average molecular weight is 599 g/mol. The topological polar surface area (TPSA) is 71.1 Å². The van der Waals surface area contributed by atoms with Crippen molar-refractivity contribution in [2.75, 3.05) is 26.4 Å². The van der Waals surface area contributed by atoms with Gasteiger partial charge in [0.25, 0.3) is 0 Å². The summed E-state index contributed by atoms with van der Waals surface area (Å²) in [4.78, 5) is 27.3. The Morgan fingerprint density at radius 3 is 2.02 bits per heavy atom. The highest BCUT2D eigenvalue weighted by atomic mass is 16.7. The first-order valence-corrected chi connectivity index (χ1v) is 18.3. The fourth-order valence-electron chi connectivity index (χ4n) is 11.6. The Labute approximate surface area is 260 Å². The van der Waals surface area contributed by atoms with E-state index in [1.54, 1.807) is 0 Å². The van der Waals surface area contributed by atoms with Crippen molar-refractivity contribution in [1.29, 1.82) is 0 Å². The minimum atomic E-state index is -0.642. The SMILES string of the molecule is CC1CC2CC(C1)CC(C(=O)OCC1(COC(=O)C34CCCC(CC(C)C3)C4)COC(C3CC4CCCC(C4)C3)OC1)C2. The predicted octanol–water partition coefficient (Wildman–Crippen LogP) is 7.72. The Kier molecular flexibility index (Phi) is 8.92. The van der Waals surface area contributed by atoms with Gasteiger partial charge in [-0.05, 0) is 118 Å². The third-order valence-corrected chi connectivity index (χ3v) is 13.2. The summed E-state index contributed by atoms with van der Waals surface area (Å²) in [5.41, 5.74) is -0.981. The largest absolute Gasteiger partial charge is 0.465 e. The van der Waals surface area contributed by atoms with E-state index >= 15 is 0 Å². The number of rotatable bonds is 7. The van der Waals surface area contributed by atoms with Gasteiger partial charge in [0, 0.05) is 5.92 Å². The van der Waals surface area contributed by atoms with E-state index in [1.807, 2.05) is 0 Å². The molecule has 6 aliphatic carbocycles. The van der Waals surface area contributed by atoms with Crippen LogP contribution >= 0.6 is 0 Å². The second-order valence-electron chi connectivity index (χ2n) is 17.3. The molecule has 6 bridgehead atoms. The highest BCUT2D eigenvalue weighted by Crippen LogP contribution is 2.52. The van der Waals surface area contributed by atoms with Gasteiger partial charge in [0.15, 0.2) is 6.29 Å². The molecule has 7 unspecified atom stereocenters. The van der Waals surface area contributed by atoms with Crippen molar-refractivity contribution < 1.29 is 28.5 Å². The maximum atomic E-state index is 13.8. The first-order valence-electron chi connectivity index (χ1n) is 18.3. The minimum absolute atomic E-state index is 0.00235. The summed E-state index contributed by atoms with van der Waals surface area (Å²) in [6.07, 6.45) is 19.8. The second-order valence-corrected chi connectivity index (χ2v) is 17.3. The molecular weight excluding hydrogens is 540 g/mol. The lowest BCUT2D eigenvalue weighted by molar-refractivity contribution is -0.272. The van der Waals surface area contributed by atoms with Crippen molar-refractivity contribution in [2.24, 2.45) is 64.1 Å². The molecule has 242 valence electrons. The lowest BCUT2D eigenvalue weighted by atomic mass is 9.59. The Hall–Kier alpha value is -1.14. The Morgan fingerprint density at radius 1 is 0.674 bits per heavy atom. The smallest absolute Gasteiger partial charge is 0.312 e. The van der Waals surface area contributed by atoms with Gasteiger partial charge in [0.2, 0.25) is 0 Å². The maximum Gasteiger partial charge on any atom is 0.312 e. The number of hydrogen-bond donors (Lipinski definition) is 0. The highest BCUT2D eigenvalue weighted by molar-refractivity contribution is 5.77. The van der Waals surface area contributed by atoms with Gasteiger partial charge in [-0.1, -0.05) is 46.0 Å². The number of fused-ring (bicyclic) bond motifs is 6. The van der Waals surface area contributed by atoms with E-state index in [1.165, 1.54) is 70.6 Å². The van der Waals surface area contributed by atoms with E-state index in [9.17, 15) is 9.59 Å². The molecule has 6 heteroatoms. The van der Waals surface area contributed by atoms with Crippen LogP contribution in [0.15, 0.2) is 0 Å². The number of hydrogen-bond acceptors (Lipinski definition) is 6. The molecule has 6 nitrogen and oxygen atoms in total. The number of esters is 2. The van der Waals surface area contributed by atoms with Gasteiger partial charge in [-0.15, -0.1) is 0 Å². The molecule has 43 heavy (non-hydrogen) atoms. The van der Waals surface area contributed by atoms with Crippen LogP contribution in [-0.4, -0.2) is 44.7 Å². The quantitative estimate of drug-likeness (QED) is 0.280. The molecule has 6 saturated carbocycles. The van der Waals surface area contributed by atoms with Gasteiger partial charge in [0.05, 0.1) is 30.0 Å². The van der Waals surface area contributed by atoms with E-state index in [-0.39, 0.29) is 42.8 Å². The van der Waals surface area contributed by atoms with Crippen LogP contribution in [0.1, 0.15) is 123 Å². The van der Waals surface area contributed by atoms with Crippen LogP contribution in [0.4, 0.5) is 0 Å². The molecule has 7 atom stereocenters. The van der Waals surface area contributed by atoms with Crippen molar-refractivity contribution in [3.8, 4) is 0 Å². The maximum absolute atomic E-state index is 13.8. The first kappa shape index (κ1) is 30.5. The molecule has 0 amide bonds. The predicted molar refractivity (Wildman–Crippen MR) is 164 cm³/mol.